The van der Waals surface area contributed by atoms with Crippen molar-refractivity contribution in [1.29, 1.82) is 0 Å². The number of carbonyl (C=O) groups excluding carboxylic acids is 1. The van der Waals surface area contributed by atoms with Gasteiger partial charge >= 0.3 is 5.49 Å². The first-order valence-electron chi connectivity index (χ1n) is 11.8. The molecule has 0 aliphatic carbocycles. The van der Waals surface area contributed by atoms with Gasteiger partial charge in [-0.1, -0.05) is 11.1 Å². The molecule has 0 saturated carbocycles. The molecule has 0 unspecified atom stereocenters. The van der Waals surface area contributed by atoms with Crippen LogP contribution in [0.5, 0.6) is 0 Å². The van der Waals surface area contributed by atoms with Crippen LogP contribution in [0.1, 0.15) is 40.0 Å². The Balaban J connectivity index is 1.30. The van der Waals surface area contributed by atoms with Crippen LogP contribution in [-0.2, 0) is 11.3 Å². The molecule has 5 heterocycles. The van der Waals surface area contributed by atoms with Crippen LogP contribution < -0.4 is 20.4 Å². The van der Waals surface area contributed by atoms with Gasteiger partial charge in [0.15, 0.2) is 12.3 Å². The monoisotopic (exact) mass is 473 g/mol. The lowest BCUT2D eigenvalue weighted by molar-refractivity contribution is -0.532. The Morgan fingerprint density at radius 3 is 2.86 bits per heavy atom. The zero-order valence-electron chi connectivity index (χ0n) is 19.4. The molecule has 2 N–H and O–H groups in total. The minimum atomic E-state index is -0.319. The van der Waals surface area contributed by atoms with Crippen molar-refractivity contribution in [3.05, 3.63) is 88.1 Å². The third-order valence-electron chi connectivity index (χ3n) is 6.98. The molecule has 1 atom stereocenters. The normalized spacial score (nSPS) is 18.0. The second kappa shape index (κ2) is 8.83. The van der Waals surface area contributed by atoms with Gasteiger partial charge in [0.25, 0.3) is 5.91 Å². The van der Waals surface area contributed by atoms with E-state index in [2.05, 4.69) is 38.5 Å². The molecule has 1 amide bonds. The third-order valence-corrected chi connectivity index (χ3v) is 6.98. The number of nitrogens with zero attached hydrogens (tertiary/aromatic N) is 4. The first-order chi connectivity index (χ1) is 17.1. The van der Waals surface area contributed by atoms with Gasteiger partial charge in [-0.3, -0.25) is 9.69 Å². The second-order valence-corrected chi connectivity index (χ2v) is 8.96. The van der Waals surface area contributed by atoms with E-state index in [1.807, 2.05) is 28.6 Å². The number of carbonyl (C=O) groups is 1. The fourth-order valence-electron chi connectivity index (χ4n) is 5.02. The number of morpholine rings is 1. The molecule has 3 aliphatic heterocycles. The molecule has 0 bridgehead atoms. The lowest BCUT2D eigenvalue weighted by Crippen LogP contribution is -2.38. The fourth-order valence-corrected chi connectivity index (χ4v) is 5.02. The minimum absolute atomic E-state index is 0.123. The van der Waals surface area contributed by atoms with Gasteiger partial charge in [0, 0.05) is 43.5 Å². The summed E-state index contributed by atoms with van der Waals surface area (Å²) in [7, 11) is 0. The summed E-state index contributed by atoms with van der Waals surface area (Å²) in [6.07, 6.45) is 3.57. The van der Waals surface area contributed by atoms with Crippen LogP contribution in [0.15, 0.2) is 53.8 Å². The molecular weight excluding hydrogens is 447 g/mol. The topological polar surface area (TPSA) is 84.8 Å². The van der Waals surface area contributed by atoms with Crippen molar-refractivity contribution in [2.75, 3.05) is 38.2 Å². The summed E-state index contributed by atoms with van der Waals surface area (Å²) in [6, 6.07) is 11.0. The number of pyridine rings is 2. The number of rotatable bonds is 5. The van der Waals surface area contributed by atoms with Crippen LogP contribution >= 0.6 is 0 Å². The number of anilines is 2. The average molecular weight is 474 g/mol. The first kappa shape index (κ1) is 21.8. The second-order valence-electron chi connectivity index (χ2n) is 8.96. The van der Waals surface area contributed by atoms with Gasteiger partial charge < -0.3 is 15.4 Å². The van der Waals surface area contributed by atoms with Gasteiger partial charge in [0.2, 0.25) is 0 Å². The lowest BCUT2D eigenvalue weighted by atomic mass is 9.97. The zero-order valence-corrected chi connectivity index (χ0v) is 19.4. The number of aromatic nitrogens is 2. The highest BCUT2D eigenvalue weighted by Gasteiger charge is 2.30. The van der Waals surface area contributed by atoms with Gasteiger partial charge in [-0.15, -0.1) is 0 Å². The highest BCUT2D eigenvalue weighted by Crippen LogP contribution is 2.32. The van der Waals surface area contributed by atoms with Crippen molar-refractivity contribution < 1.29 is 18.2 Å². The van der Waals surface area contributed by atoms with Gasteiger partial charge in [0.1, 0.15) is 11.6 Å². The Bertz CT molecular complexity index is 1430. The standard InChI is InChI=1S/C26H25FN6O2/c1-16(32-8-10-35-11-9-32)17-2-5-23(28-13-17)31-21-4-3-19(20-14-30-26(34)25(20)21)22-15-29-24-12-18(27)6-7-33(22)24/h2-7,12-13,16H,8-11,14-15H2,1H3,(H,30,34)/p+1/t16-/m0/s1. The van der Waals surface area contributed by atoms with Crippen LogP contribution in [-0.4, -0.2) is 48.6 Å². The summed E-state index contributed by atoms with van der Waals surface area (Å²) in [4.78, 5) is 24.2. The minimum Gasteiger partial charge on any atom is -0.379 e. The molecule has 0 spiro atoms. The number of fused-ring (bicyclic) bond motifs is 2. The molecule has 3 aromatic rings. The van der Waals surface area contributed by atoms with Crippen LogP contribution in [0.3, 0.4) is 0 Å². The van der Waals surface area contributed by atoms with E-state index in [1.165, 1.54) is 12.1 Å². The smallest absolute Gasteiger partial charge is 0.325 e. The molecule has 3 aliphatic rings. The Kier molecular flexibility index (Phi) is 5.50. The number of hydrogen-bond donors (Lipinski definition) is 2. The van der Waals surface area contributed by atoms with Crippen molar-refractivity contribution >= 4 is 17.4 Å². The van der Waals surface area contributed by atoms with Crippen LogP contribution in [0.25, 0.3) is 0 Å². The maximum Gasteiger partial charge on any atom is 0.325 e. The summed E-state index contributed by atoms with van der Waals surface area (Å²) in [5, 5.41) is 6.27. The predicted molar refractivity (Wildman–Crippen MR) is 126 cm³/mol. The molecular formula is C26H26FN6O2+. The van der Waals surface area contributed by atoms with Crippen LogP contribution in [0.2, 0.25) is 0 Å². The van der Waals surface area contributed by atoms with Crippen LogP contribution in [0, 0.1) is 11.5 Å². The maximum absolute atomic E-state index is 13.6. The molecule has 35 heavy (non-hydrogen) atoms. The Hall–Kier alpha value is -3.69. The molecule has 1 aromatic carbocycles. The largest absolute Gasteiger partial charge is 0.379 e. The molecule has 0 radical (unpaired) electrons. The first-order valence-corrected chi connectivity index (χ1v) is 11.8. The van der Waals surface area contributed by atoms with Gasteiger partial charge in [0.05, 0.1) is 36.7 Å². The molecule has 1 fully saturated rings. The van der Waals surface area contributed by atoms with E-state index in [-0.39, 0.29) is 17.8 Å². The van der Waals surface area contributed by atoms with E-state index >= 15 is 0 Å². The van der Waals surface area contributed by atoms with E-state index in [4.69, 9.17) is 4.74 Å². The molecule has 178 valence electrons. The van der Waals surface area contributed by atoms with Gasteiger partial charge in [-0.2, -0.15) is 4.24 Å². The number of nitrogens with one attached hydrogen (secondary N) is 2. The quantitative estimate of drug-likeness (QED) is 0.554. The van der Waals surface area contributed by atoms with Crippen LogP contribution in [0.4, 0.5) is 15.9 Å². The number of benzene rings is 1. The molecule has 9 heteroatoms. The number of hydrogen-bond acceptors (Lipinski definition) is 6. The zero-order chi connectivity index (χ0) is 23.9. The SMILES string of the molecule is C[C@@H](c1ccc(Nc2ccc(C3=[n+]4ccc(F)cc4=NC3)c3c2C(=O)NC3)nc1)N1CCOCC1. The predicted octanol–water partition coefficient (Wildman–Crippen LogP) is 1.95. The third kappa shape index (κ3) is 3.96. The molecule has 8 nitrogen and oxygen atoms in total. The maximum atomic E-state index is 13.6. The van der Waals surface area contributed by atoms with E-state index in [0.29, 0.717) is 35.6 Å². The highest BCUT2D eigenvalue weighted by molar-refractivity contribution is 6.04. The summed E-state index contributed by atoms with van der Waals surface area (Å²) in [6.45, 7) is 6.40. The summed E-state index contributed by atoms with van der Waals surface area (Å²) in [5.74, 6) is 0.235. The highest BCUT2D eigenvalue weighted by atomic mass is 19.1. The number of amides is 1. The van der Waals surface area contributed by atoms with E-state index < -0.39 is 0 Å². The van der Waals surface area contributed by atoms with Crippen molar-refractivity contribution in [3.8, 4) is 0 Å². The van der Waals surface area contributed by atoms with Crippen molar-refractivity contribution in [2.45, 2.75) is 19.5 Å². The summed E-state index contributed by atoms with van der Waals surface area (Å²) < 4.78 is 21.0. The van der Waals surface area contributed by atoms with E-state index in [9.17, 15) is 9.18 Å². The van der Waals surface area contributed by atoms with Crippen molar-refractivity contribution in [3.63, 3.8) is 0 Å². The Morgan fingerprint density at radius 1 is 1.20 bits per heavy atom. The molecule has 2 aromatic heterocycles. The van der Waals surface area contributed by atoms with Gasteiger partial charge in [-0.05, 0) is 36.2 Å². The lowest BCUT2D eigenvalue weighted by Gasteiger charge is -2.32. The van der Waals surface area contributed by atoms with Gasteiger partial charge in [-0.25, -0.2) is 9.37 Å². The summed E-state index contributed by atoms with van der Waals surface area (Å²) >= 11 is 0. The fraction of sp³-hybridized carbons (Fsp3) is 0.308. The Morgan fingerprint density at radius 2 is 2.06 bits per heavy atom. The van der Waals surface area contributed by atoms with Crippen molar-refractivity contribution in [2.24, 2.45) is 4.99 Å². The summed E-state index contributed by atoms with van der Waals surface area (Å²) in [5.41, 5.74) is 5.81. The van der Waals surface area contributed by atoms with E-state index in [0.717, 1.165) is 48.7 Å². The van der Waals surface area contributed by atoms with E-state index in [1.54, 1.807) is 6.20 Å². The van der Waals surface area contributed by atoms with Crippen molar-refractivity contribution in [1.82, 2.24) is 15.2 Å². The number of halogens is 1. The Labute approximate surface area is 201 Å². The molecule has 1 saturated heterocycles. The average Bonchev–Trinajstić information content (AvgIpc) is 3.48. The molecule has 6 rings (SSSR count). The number of ether oxygens (including phenoxy) is 1.